The molecule has 0 aliphatic heterocycles. The van der Waals surface area contributed by atoms with Gasteiger partial charge < -0.3 is 28.4 Å². The van der Waals surface area contributed by atoms with E-state index in [1.807, 2.05) is 25.1 Å². The molecule has 0 fully saturated rings. The van der Waals surface area contributed by atoms with E-state index in [1.54, 1.807) is 12.1 Å². The van der Waals surface area contributed by atoms with Crippen molar-refractivity contribution in [2.45, 2.75) is 13.8 Å². The van der Waals surface area contributed by atoms with Gasteiger partial charge in [-0.15, -0.1) is 0 Å². The summed E-state index contributed by atoms with van der Waals surface area (Å²) in [7, 11) is 0. The monoisotopic (exact) mass is 246 g/mol. The van der Waals surface area contributed by atoms with Gasteiger partial charge in [0.15, 0.2) is 0 Å². The fourth-order valence-electron chi connectivity index (χ4n) is 2.01. The molecule has 0 unspecified atom stereocenters. The molecule has 1 heterocycles. The quantitative estimate of drug-likeness (QED) is 0.618. The summed E-state index contributed by atoms with van der Waals surface area (Å²) in [6.45, 7) is 4.09. The summed E-state index contributed by atoms with van der Waals surface area (Å²) in [4.78, 5) is 3.15. The Balaban J connectivity index is 0.00000133. The van der Waals surface area contributed by atoms with Gasteiger partial charge >= 0.3 is 5.89 Å². The summed E-state index contributed by atoms with van der Waals surface area (Å²) >= 11 is 0. The standard InChI is InChI=1S/C15H13NO2.Li/c1-9-7-12-14(8-10(9)2)18-15(16-12)11-5-3-4-6-13(11)17;/h3-8,17H,1-2H3;/q;-1. The van der Waals surface area contributed by atoms with Crippen LogP contribution < -0.4 is 10.1 Å². The average molecular weight is 246 g/mol. The molecule has 3 aromatic rings. The zero-order chi connectivity index (χ0) is 12.7. The largest absolute Gasteiger partial charge is 1.00 e. The topological polar surface area (TPSA) is 50.3 Å². The molecule has 0 atom stereocenters. The maximum Gasteiger partial charge on any atom is 0.379 e. The Kier molecular flexibility index (Phi) is 3.70. The van der Waals surface area contributed by atoms with Gasteiger partial charge in [0.2, 0.25) is 11.1 Å². The van der Waals surface area contributed by atoms with Gasteiger partial charge in [-0.3, -0.25) is 0 Å². The minimum atomic E-state index is -0.0405. The Morgan fingerprint density at radius 2 is 1.74 bits per heavy atom. The summed E-state index contributed by atoms with van der Waals surface area (Å²) in [5.41, 5.74) is 4.62. The second-order valence-corrected chi connectivity index (χ2v) is 4.48. The summed E-state index contributed by atoms with van der Waals surface area (Å²) in [5, 5.41) is 11.8. The van der Waals surface area contributed by atoms with Crippen molar-refractivity contribution in [2.24, 2.45) is 0 Å². The number of hydrogen-bond acceptors (Lipinski definition) is 2. The number of benzene rings is 2. The van der Waals surface area contributed by atoms with Crippen LogP contribution in [0.5, 0.6) is 5.75 Å². The van der Waals surface area contributed by atoms with Gasteiger partial charge in [-0.05, 0) is 37.1 Å². The van der Waals surface area contributed by atoms with Crippen LogP contribution in [0.1, 0.15) is 11.1 Å². The van der Waals surface area contributed by atoms with Crippen molar-refractivity contribution < 1.29 is 14.5 Å². The van der Waals surface area contributed by atoms with Crippen molar-refractivity contribution in [3.63, 3.8) is 0 Å². The third kappa shape index (κ3) is 2.40. The summed E-state index contributed by atoms with van der Waals surface area (Å²) in [5.74, 6) is 0.474. The minimum absolute atomic E-state index is 0. The van der Waals surface area contributed by atoms with E-state index in [9.17, 15) is 5.11 Å². The third-order valence-electron chi connectivity index (χ3n) is 3.19. The molecule has 19 heavy (non-hydrogen) atoms. The summed E-state index contributed by atoms with van der Waals surface area (Å²) in [6.07, 6.45) is 0. The fraction of sp³-hybridized carbons (Fsp3) is 0.133. The second-order valence-electron chi connectivity index (χ2n) is 4.48. The first-order valence-electron chi connectivity index (χ1n) is 5.84. The molecular formula is C15H13LiNO2-. The van der Waals surface area contributed by atoms with E-state index in [-0.39, 0.29) is 24.6 Å². The van der Waals surface area contributed by atoms with E-state index < -0.39 is 0 Å². The number of aromatic amines is 1. The van der Waals surface area contributed by atoms with Crippen LogP contribution in [0.4, 0.5) is 0 Å². The summed E-state index contributed by atoms with van der Waals surface area (Å²) < 4.78 is 5.72. The SMILES string of the molecule is Cc1cc2[nH+]c(-c3ccccc3[O-])oc2cc1C.[Li-]. The maximum absolute atomic E-state index is 11.8. The number of rotatable bonds is 1. The number of hydrogen-bond donors (Lipinski definition) is 0. The Morgan fingerprint density at radius 3 is 2.47 bits per heavy atom. The molecule has 2 aromatic carbocycles. The molecule has 4 heteroatoms. The molecule has 0 aliphatic rings. The van der Waals surface area contributed by atoms with E-state index in [0.29, 0.717) is 11.5 Å². The molecule has 92 valence electrons. The van der Waals surface area contributed by atoms with Gasteiger partial charge in [0.1, 0.15) is 0 Å². The van der Waals surface area contributed by atoms with Crippen LogP contribution in [0.2, 0.25) is 0 Å². The summed E-state index contributed by atoms with van der Waals surface area (Å²) in [6, 6.07) is 10.9. The third-order valence-corrected chi connectivity index (χ3v) is 3.19. The van der Waals surface area contributed by atoms with Crippen LogP contribution in [0.25, 0.3) is 22.6 Å². The van der Waals surface area contributed by atoms with Crippen molar-refractivity contribution >= 4 is 30.0 Å². The van der Waals surface area contributed by atoms with Gasteiger partial charge in [-0.2, -0.15) is 4.98 Å². The van der Waals surface area contributed by atoms with E-state index in [4.69, 9.17) is 4.42 Å². The second kappa shape index (κ2) is 5.12. The maximum atomic E-state index is 11.8. The van der Waals surface area contributed by atoms with Crippen molar-refractivity contribution in [2.75, 3.05) is 0 Å². The molecule has 0 aliphatic carbocycles. The van der Waals surface area contributed by atoms with Gasteiger partial charge in [0, 0.05) is 6.07 Å². The molecule has 0 saturated heterocycles. The normalized spacial score (nSPS) is 10.4. The van der Waals surface area contributed by atoms with E-state index >= 15 is 0 Å². The molecule has 2 radical (unpaired) electrons. The van der Waals surface area contributed by atoms with E-state index in [2.05, 4.69) is 11.9 Å². The molecule has 0 saturated carbocycles. The van der Waals surface area contributed by atoms with Gasteiger partial charge in [0.25, 0.3) is 0 Å². The Morgan fingerprint density at radius 1 is 1.05 bits per heavy atom. The molecule has 0 amide bonds. The molecule has 1 N–H and O–H groups in total. The first-order chi connectivity index (χ1) is 8.65. The van der Waals surface area contributed by atoms with Crippen molar-refractivity contribution in [1.82, 2.24) is 0 Å². The van der Waals surface area contributed by atoms with Crippen LogP contribution in [0.15, 0.2) is 40.8 Å². The number of fused-ring (bicyclic) bond motifs is 1. The number of para-hydroxylation sites is 1. The minimum Gasteiger partial charge on any atom is -1.00 e. The average Bonchev–Trinajstić information content (AvgIpc) is 2.73. The zero-order valence-electron chi connectivity index (χ0n) is 11.3. The van der Waals surface area contributed by atoms with Crippen LogP contribution in [-0.4, -0.2) is 18.9 Å². The predicted molar refractivity (Wildman–Crippen MR) is 72.9 cm³/mol. The number of nitrogens with one attached hydrogen (secondary N) is 1. The zero-order valence-corrected chi connectivity index (χ0v) is 11.3. The first kappa shape index (κ1) is 13.7. The molecule has 1 aromatic heterocycles. The van der Waals surface area contributed by atoms with Crippen LogP contribution in [0.3, 0.4) is 0 Å². The Hall–Kier alpha value is -1.69. The Bertz CT molecular complexity index is 695. The smallest absolute Gasteiger partial charge is 0.379 e. The predicted octanol–water partition coefficient (Wildman–Crippen LogP) is 2.22. The number of H-pyrrole nitrogens is 1. The molecule has 3 rings (SSSR count). The van der Waals surface area contributed by atoms with Crippen molar-refractivity contribution in [3.05, 3.63) is 47.5 Å². The van der Waals surface area contributed by atoms with Crippen LogP contribution in [0, 0.1) is 13.8 Å². The fourth-order valence-corrected chi connectivity index (χ4v) is 2.01. The Labute approximate surface area is 123 Å². The van der Waals surface area contributed by atoms with Gasteiger partial charge in [0.05, 0.1) is 5.56 Å². The van der Waals surface area contributed by atoms with Crippen LogP contribution >= 0.6 is 0 Å². The molecule has 0 bridgehead atoms. The van der Waals surface area contributed by atoms with E-state index in [0.717, 1.165) is 11.1 Å². The molecule has 3 nitrogen and oxygen atoms in total. The number of aryl methyl sites for hydroxylation is 2. The van der Waals surface area contributed by atoms with Gasteiger partial charge in [-0.1, -0.05) is 23.9 Å². The van der Waals surface area contributed by atoms with E-state index in [1.165, 1.54) is 17.2 Å². The van der Waals surface area contributed by atoms with Gasteiger partial charge in [-0.25, -0.2) is 0 Å². The van der Waals surface area contributed by atoms with Crippen LogP contribution in [-0.2, 0) is 0 Å². The van der Waals surface area contributed by atoms with Crippen molar-refractivity contribution in [1.29, 1.82) is 0 Å². The number of aromatic nitrogens is 1. The molecular weight excluding hydrogens is 233 g/mol. The van der Waals surface area contributed by atoms with Crippen molar-refractivity contribution in [3.8, 4) is 17.2 Å². The first-order valence-corrected chi connectivity index (χ1v) is 5.84. The number of oxazole rings is 1. The molecule has 0 spiro atoms.